The molecule has 2 aliphatic rings. The maximum Gasteiger partial charge on any atom is 0.250 e. The van der Waals surface area contributed by atoms with Crippen LogP contribution >= 0.6 is 38.9 Å². The number of morpholine rings is 1. The third-order valence-corrected chi connectivity index (χ3v) is 8.22. The molecule has 21 heavy (non-hydrogen) atoms. The highest BCUT2D eigenvalue weighted by Crippen LogP contribution is 2.34. The van der Waals surface area contributed by atoms with Crippen molar-refractivity contribution in [3.8, 4) is 0 Å². The van der Waals surface area contributed by atoms with Crippen LogP contribution in [0.1, 0.15) is 12.8 Å². The molecule has 2 aliphatic heterocycles. The van der Waals surface area contributed by atoms with Crippen molar-refractivity contribution >= 4 is 48.9 Å². The van der Waals surface area contributed by atoms with E-state index >= 15 is 0 Å². The van der Waals surface area contributed by atoms with Crippen LogP contribution in [0.5, 0.6) is 0 Å². The molecule has 2 saturated heterocycles. The molecule has 5 nitrogen and oxygen atoms in total. The summed E-state index contributed by atoms with van der Waals surface area (Å²) in [6.45, 7) is 2.87. The highest BCUT2D eigenvalue weighted by molar-refractivity contribution is 9.11. The predicted octanol–water partition coefficient (Wildman–Crippen LogP) is 2.31. The topological polar surface area (TPSA) is 58.6 Å². The fourth-order valence-electron chi connectivity index (χ4n) is 2.74. The maximum atomic E-state index is 12.2. The molecule has 0 spiro atoms. The van der Waals surface area contributed by atoms with Crippen molar-refractivity contribution in [3.63, 3.8) is 0 Å². The molecule has 2 unspecified atom stereocenters. The van der Waals surface area contributed by atoms with E-state index in [0.29, 0.717) is 28.0 Å². The number of nitrogens with one attached hydrogen (secondary N) is 1. The number of hydrogen-bond donors (Lipinski definition) is 1. The first-order chi connectivity index (χ1) is 9.95. The summed E-state index contributed by atoms with van der Waals surface area (Å²) in [5.41, 5.74) is 0. The third-order valence-electron chi connectivity index (χ3n) is 3.85. The van der Waals surface area contributed by atoms with Crippen LogP contribution < -0.4 is 4.72 Å². The molecule has 0 radical (unpaired) electrons. The number of thiophene rings is 1. The number of ether oxygens (including phenoxy) is 1. The first-order valence-electron chi connectivity index (χ1n) is 6.76. The van der Waals surface area contributed by atoms with Gasteiger partial charge in [0, 0.05) is 19.1 Å². The Labute approximate surface area is 141 Å². The normalized spacial score (nSPS) is 27.0. The maximum absolute atomic E-state index is 12.2. The Balaban J connectivity index is 1.59. The smallest absolute Gasteiger partial charge is 0.250 e. The third kappa shape index (κ3) is 3.63. The van der Waals surface area contributed by atoms with Crippen molar-refractivity contribution in [1.29, 1.82) is 0 Å². The summed E-state index contributed by atoms with van der Waals surface area (Å²) in [7, 11) is -3.53. The van der Waals surface area contributed by atoms with Crippen molar-refractivity contribution in [2.75, 3.05) is 26.2 Å². The average Bonchev–Trinajstić information content (AvgIpc) is 3.04. The van der Waals surface area contributed by atoms with E-state index in [2.05, 4.69) is 25.6 Å². The first kappa shape index (κ1) is 16.2. The standard InChI is InChI=1S/C12H16BrClN2O3S2/c13-12-10(14)4-11(20-12)21(17,18)15-5-9-6-16-3-1-2-8(16)7-19-9/h4,8-9,15H,1-3,5-7H2. The summed E-state index contributed by atoms with van der Waals surface area (Å²) in [6, 6.07) is 1.97. The molecule has 1 aromatic heterocycles. The Hall–Kier alpha value is 0.300. The van der Waals surface area contributed by atoms with E-state index < -0.39 is 10.0 Å². The van der Waals surface area contributed by atoms with Gasteiger partial charge in [0.1, 0.15) is 4.21 Å². The zero-order chi connectivity index (χ0) is 15.0. The van der Waals surface area contributed by atoms with Crippen LogP contribution in [-0.4, -0.2) is 51.7 Å². The van der Waals surface area contributed by atoms with Crippen LogP contribution in [0.25, 0.3) is 0 Å². The van der Waals surface area contributed by atoms with Crippen molar-refractivity contribution in [2.45, 2.75) is 29.2 Å². The molecule has 1 N–H and O–H groups in total. The zero-order valence-corrected chi connectivity index (χ0v) is 15.2. The Morgan fingerprint density at radius 2 is 2.38 bits per heavy atom. The summed E-state index contributed by atoms with van der Waals surface area (Å²) in [4.78, 5) is 2.39. The Kier molecular flexibility index (Phi) is 4.95. The van der Waals surface area contributed by atoms with Crippen LogP contribution in [0.2, 0.25) is 5.02 Å². The second kappa shape index (κ2) is 6.43. The van der Waals surface area contributed by atoms with Gasteiger partial charge >= 0.3 is 0 Å². The number of sulfonamides is 1. The first-order valence-corrected chi connectivity index (χ1v) is 10.2. The Morgan fingerprint density at radius 1 is 1.57 bits per heavy atom. The van der Waals surface area contributed by atoms with Crippen LogP contribution in [-0.2, 0) is 14.8 Å². The molecule has 9 heteroatoms. The van der Waals surface area contributed by atoms with Gasteiger partial charge in [0.15, 0.2) is 0 Å². The van der Waals surface area contributed by atoms with Crippen LogP contribution in [0, 0.1) is 0 Å². The van der Waals surface area contributed by atoms with Gasteiger partial charge in [0.25, 0.3) is 0 Å². The number of nitrogens with zero attached hydrogens (tertiary/aromatic N) is 1. The fourth-order valence-corrected chi connectivity index (χ4v) is 6.25. The Morgan fingerprint density at radius 3 is 3.10 bits per heavy atom. The largest absolute Gasteiger partial charge is 0.374 e. The molecule has 0 aliphatic carbocycles. The van der Waals surface area contributed by atoms with Gasteiger partial charge in [-0.1, -0.05) is 11.6 Å². The van der Waals surface area contributed by atoms with Crippen molar-refractivity contribution in [3.05, 3.63) is 14.9 Å². The lowest BCUT2D eigenvalue weighted by molar-refractivity contribution is -0.0448. The monoisotopic (exact) mass is 414 g/mol. The summed E-state index contributed by atoms with van der Waals surface area (Å²) < 4.78 is 33.6. The van der Waals surface area contributed by atoms with Gasteiger partial charge in [-0.05, 0) is 41.4 Å². The van der Waals surface area contributed by atoms with Gasteiger partial charge in [-0.3, -0.25) is 4.90 Å². The van der Waals surface area contributed by atoms with E-state index in [-0.39, 0.29) is 10.3 Å². The summed E-state index contributed by atoms with van der Waals surface area (Å²) in [5, 5.41) is 0.411. The fraction of sp³-hybridized carbons (Fsp3) is 0.667. The molecule has 0 bridgehead atoms. The molecule has 0 amide bonds. The van der Waals surface area contributed by atoms with Crippen LogP contribution in [0.3, 0.4) is 0 Å². The molecule has 2 atom stereocenters. The van der Waals surface area contributed by atoms with Gasteiger partial charge in [-0.25, -0.2) is 13.1 Å². The minimum absolute atomic E-state index is 0.0898. The van der Waals surface area contributed by atoms with E-state index in [9.17, 15) is 8.42 Å². The number of rotatable bonds is 4. The molecule has 0 aromatic carbocycles. The van der Waals surface area contributed by atoms with Crippen LogP contribution in [0.4, 0.5) is 0 Å². The SMILES string of the molecule is O=S(=O)(NCC1CN2CCCC2CO1)c1cc(Cl)c(Br)s1. The van der Waals surface area contributed by atoms with E-state index in [0.717, 1.165) is 24.4 Å². The molecule has 118 valence electrons. The number of hydrogen-bond acceptors (Lipinski definition) is 5. The van der Waals surface area contributed by atoms with E-state index in [1.54, 1.807) is 0 Å². The lowest BCUT2D eigenvalue weighted by Gasteiger charge is -2.35. The Bertz CT molecular complexity index is 603. The van der Waals surface area contributed by atoms with Crippen molar-refractivity contribution in [2.24, 2.45) is 0 Å². The number of halogens is 2. The summed E-state index contributed by atoms with van der Waals surface area (Å²) in [5.74, 6) is 0. The predicted molar refractivity (Wildman–Crippen MR) is 86.6 cm³/mol. The second-order valence-corrected chi connectivity index (χ2v) is 10.1. The van der Waals surface area contributed by atoms with Gasteiger partial charge in [-0.2, -0.15) is 0 Å². The second-order valence-electron chi connectivity index (χ2n) is 5.29. The highest BCUT2D eigenvalue weighted by Gasteiger charge is 2.32. The van der Waals surface area contributed by atoms with E-state index in [1.165, 1.54) is 18.9 Å². The molecule has 3 heterocycles. The molecule has 0 saturated carbocycles. The average molecular weight is 416 g/mol. The van der Waals surface area contributed by atoms with Gasteiger partial charge < -0.3 is 4.74 Å². The number of fused-ring (bicyclic) bond motifs is 1. The quantitative estimate of drug-likeness (QED) is 0.820. The minimum Gasteiger partial charge on any atom is -0.374 e. The van der Waals surface area contributed by atoms with Gasteiger partial charge in [0.2, 0.25) is 10.0 Å². The lowest BCUT2D eigenvalue weighted by Crippen LogP contribution is -2.49. The highest BCUT2D eigenvalue weighted by atomic mass is 79.9. The summed E-state index contributed by atoms with van der Waals surface area (Å²) in [6.07, 6.45) is 2.29. The molecule has 1 aromatic rings. The molecule has 2 fully saturated rings. The van der Waals surface area contributed by atoms with Gasteiger partial charge in [0.05, 0.1) is 21.5 Å². The van der Waals surface area contributed by atoms with E-state index in [4.69, 9.17) is 16.3 Å². The molecule has 3 rings (SSSR count). The van der Waals surface area contributed by atoms with Crippen LogP contribution in [0.15, 0.2) is 14.1 Å². The minimum atomic E-state index is -3.53. The van der Waals surface area contributed by atoms with Gasteiger partial charge in [-0.15, -0.1) is 11.3 Å². The molecular weight excluding hydrogens is 400 g/mol. The zero-order valence-electron chi connectivity index (χ0n) is 11.2. The summed E-state index contributed by atoms with van der Waals surface area (Å²) >= 11 is 10.2. The van der Waals surface area contributed by atoms with Crippen molar-refractivity contribution in [1.82, 2.24) is 9.62 Å². The van der Waals surface area contributed by atoms with E-state index in [1.807, 2.05) is 0 Å². The van der Waals surface area contributed by atoms with Crippen molar-refractivity contribution < 1.29 is 13.2 Å². The lowest BCUT2D eigenvalue weighted by atomic mass is 10.2. The molecular formula is C12H16BrClN2O3S2.